The number of Topliss-reactive ketones (excluding diaryl/α,β-unsaturated/α-hetero) is 1. The van der Waals surface area contributed by atoms with E-state index in [1.165, 1.54) is 23.1 Å². The van der Waals surface area contributed by atoms with Crippen molar-refractivity contribution in [3.05, 3.63) is 40.3 Å². The Morgan fingerprint density at radius 1 is 1.32 bits per heavy atom. The third-order valence-corrected chi connectivity index (χ3v) is 6.66. The number of carbonyl (C=O) groups excluding carboxylic acids is 1. The molecule has 0 aliphatic carbocycles. The summed E-state index contributed by atoms with van der Waals surface area (Å²) in [4.78, 5) is 14.1. The second-order valence-electron chi connectivity index (χ2n) is 5.92. The lowest BCUT2D eigenvalue weighted by Gasteiger charge is -2.05. The Morgan fingerprint density at radius 2 is 2.14 bits per heavy atom. The van der Waals surface area contributed by atoms with Crippen molar-refractivity contribution in [1.29, 1.82) is 0 Å². The van der Waals surface area contributed by atoms with Crippen LogP contribution >= 0.6 is 23.1 Å². The number of sulfonamides is 1. The largest absolute Gasteiger partial charge is 0.461 e. The highest BCUT2D eigenvalue weighted by atomic mass is 32.2. The van der Waals surface area contributed by atoms with Gasteiger partial charge < -0.3 is 4.42 Å². The summed E-state index contributed by atoms with van der Waals surface area (Å²) in [5.74, 6) is 1.53. The molecular formula is C17H20N4O4S3. The first-order valence-electron chi connectivity index (χ1n) is 8.54. The van der Waals surface area contributed by atoms with Crippen LogP contribution in [0.2, 0.25) is 0 Å². The first-order valence-corrected chi connectivity index (χ1v) is 12.2. The molecule has 28 heavy (non-hydrogen) atoms. The number of aromatic nitrogens is 3. The number of furan rings is 1. The summed E-state index contributed by atoms with van der Waals surface area (Å²) in [6.45, 7) is 2.96. The molecule has 0 aliphatic heterocycles. The third kappa shape index (κ3) is 5.31. The Morgan fingerprint density at radius 3 is 2.82 bits per heavy atom. The summed E-state index contributed by atoms with van der Waals surface area (Å²) >= 11 is 2.72. The van der Waals surface area contributed by atoms with Gasteiger partial charge >= 0.3 is 0 Å². The van der Waals surface area contributed by atoms with Crippen molar-refractivity contribution in [2.45, 2.75) is 25.0 Å². The molecule has 3 aromatic heterocycles. The maximum atomic E-state index is 12.5. The number of rotatable bonds is 10. The van der Waals surface area contributed by atoms with Crippen LogP contribution in [0, 0.1) is 0 Å². The number of carbonyl (C=O) groups is 1. The van der Waals surface area contributed by atoms with Crippen molar-refractivity contribution in [2.24, 2.45) is 0 Å². The van der Waals surface area contributed by atoms with Crippen molar-refractivity contribution in [2.75, 3.05) is 18.6 Å². The molecule has 3 rings (SSSR count). The lowest BCUT2D eigenvalue weighted by Crippen LogP contribution is -2.23. The smallest absolute Gasteiger partial charge is 0.208 e. The van der Waals surface area contributed by atoms with Gasteiger partial charge in [-0.1, -0.05) is 11.8 Å². The molecule has 0 atom stereocenters. The lowest BCUT2D eigenvalue weighted by molar-refractivity contribution is 0.102. The van der Waals surface area contributed by atoms with E-state index in [-0.39, 0.29) is 11.5 Å². The fourth-order valence-electron chi connectivity index (χ4n) is 2.49. The minimum absolute atomic E-state index is 0.00234. The first-order chi connectivity index (χ1) is 13.4. The van der Waals surface area contributed by atoms with Crippen LogP contribution in [0.1, 0.15) is 21.5 Å². The van der Waals surface area contributed by atoms with E-state index in [2.05, 4.69) is 14.9 Å². The molecule has 0 saturated heterocycles. The summed E-state index contributed by atoms with van der Waals surface area (Å²) in [5.41, 5.74) is 0. The van der Waals surface area contributed by atoms with Crippen molar-refractivity contribution >= 4 is 38.9 Å². The van der Waals surface area contributed by atoms with Gasteiger partial charge in [0.05, 0.1) is 23.1 Å². The number of thioether (sulfide) groups is 1. The molecule has 0 bridgehead atoms. The van der Waals surface area contributed by atoms with Crippen LogP contribution < -0.4 is 4.72 Å². The number of hydrogen-bond donors (Lipinski definition) is 1. The number of ketones is 1. The molecule has 0 aromatic carbocycles. The van der Waals surface area contributed by atoms with Gasteiger partial charge in [0.2, 0.25) is 10.0 Å². The van der Waals surface area contributed by atoms with Crippen molar-refractivity contribution in [3.8, 4) is 11.6 Å². The van der Waals surface area contributed by atoms with E-state index in [9.17, 15) is 13.2 Å². The normalized spacial score (nSPS) is 11.8. The maximum absolute atomic E-state index is 12.5. The summed E-state index contributed by atoms with van der Waals surface area (Å²) in [6, 6.07) is 7.25. The van der Waals surface area contributed by atoms with E-state index >= 15 is 0 Å². The minimum Gasteiger partial charge on any atom is -0.461 e. The Kier molecular flexibility index (Phi) is 6.70. The molecule has 11 heteroatoms. The molecule has 0 radical (unpaired) electrons. The fraction of sp³-hybridized carbons (Fsp3) is 0.353. The summed E-state index contributed by atoms with van der Waals surface area (Å²) in [6.07, 6.45) is 3.26. The lowest BCUT2D eigenvalue weighted by atomic mass is 10.3. The molecule has 0 fully saturated rings. The van der Waals surface area contributed by atoms with Crippen LogP contribution in [0.4, 0.5) is 0 Å². The fourth-order valence-corrected chi connectivity index (χ4v) is 4.89. The van der Waals surface area contributed by atoms with Gasteiger partial charge in [0.1, 0.15) is 0 Å². The van der Waals surface area contributed by atoms with Crippen LogP contribution in [0.3, 0.4) is 0 Å². The van der Waals surface area contributed by atoms with Crippen LogP contribution in [-0.4, -0.2) is 47.5 Å². The van der Waals surface area contributed by atoms with Gasteiger partial charge in [0.15, 0.2) is 22.5 Å². The first kappa shape index (κ1) is 20.8. The highest BCUT2D eigenvalue weighted by molar-refractivity contribution is 7.99. The van der Waals surface area contributed by atoms with E-state index in [1.54, 1.807) is 18.4 Å². The van der Waals surface area contributed by atoms with Crippen molar-refractivity contribution in [3.63, 3.8) is 0 Å². The zero-order valence-electron chi connectivity index (χ0n) is 15.4. The van der Waals surface area contributed by atoms with E-state index in [1.807, 2.05) is 23.6 Å². The van der Waals surface area contributed by atoms with Crippen LogP contribution in [-0.2, 0) is 23.0 Å². The van der Waals surface area contributed by atoms with Gasteiger partial charge in [-0.25, -0.2) is 13.1 Å². The van der Waals surface area contributed by atoms with E-state index in [0.29, 0.717) is 41.1 Å². The monoisotopic (exact) mass is 440 g/mol. The average molecular weight is 441 g/mol. The molecule has 0 unspecified atom stereocenters. The summed E-state index contributed by atoms with van der Waals surface area (Å²) < 4.78 is 31.9. The van der Waals surface area contributed by atoms with Gasteiger partial charge in [0, 0.05) is 18.0 Å². The minimum atomic E-state index is -3.20. The second kappa shape index (κ2) is 9.03. The van der Waals surface area contributed by atoms with Crippen molar-refractivity contribution in [1.82, 2.24) is 19.5 Å². The Bertz CT molecular complexity index is 1040. The molecule has 3 heterocycles. The quantitative estimate of drug-likeness (QED) is 0.381. The van der Waals surface area contributed by atoms with Gasteiger partial charge in [-0.3, -0.25) is 9.36 Å². The predicted octanol–water partition coefficient (Wildman–Crippen LogP) is 2.69. The number of nitrogens with one attached hydrogen (secondary N) is 1. The number of thiophene rings is 1. The third-order valence-electron chi connectivity index (χ3n) is 3.78. The molecule has 150 valence electrons. The van der Waals surface area contributed by atoms with Crippen LogP contribution in [0.15, 0.2) is 40.1 Å². The van der Waals surface area contributed by atoms with E-state index in [4.69, 9.17) is 4.42 Å². The molecule has 1 N–H and O–H groups in total. The van der Waals surface area contributed by atoms with E-state index < -0.39 is 10.0 Å². The van der Waals surface area contributed by atoms with Crippen LogP contribution in [0.5, 0.6) is 0 Å². The van der Waals surface area contributed by atoms with Crippen molar-refractivity contribution < 1.29 is 17.6 Å². The summed E-state index contributed by atoms with van der Waals surface area (Å²) in [7, 11) is -3.20. The standard InChI is InChI=1S/C17H20N4O4S3/c1-3-21-16(14-5-4-10-25-14)19-20-17(21)26-11-13(22)15-7-6-12(27-15)8-9-18-28(2,23)24/h4-7,10,18H,3,8-9,11H2,1-2H3. The van der Waals surface area contributed by atoms with Gasteiger partial charge in [-0.2, -0.15) is 0 Å². The SMILES string of the molecule is CCn1c(SCC(=O)c2ccc(CCNS(C)(=O)=O)s2)nnc1-c1ccco1. The Labute approximate surface area is 171 Å². The van der Waals surface area contributed by atoms with Gasteiger partial charge in [0.25, 0.3) is 0 Å². The molecule has 0 spiro atoms. The summed E-state index contributed by atoms with van der Waals surface area (Å²) in [5, 5.41) is 9.01. The topological polar surface area (TPSA) is 107 Å². The zero-order chi connectivity index (χ0) is 20.1. The predicted molar refractivity (Wildman–Crippen MR) is 109 cm³/mol. The average Bonchev–Trinajstić information content (AvgIpc) is 3.37. The van der Waals surface area contributed by atoms with Crippen LogP contribution in [0.25, 0.3) is 11.6 Å². The molecule has 0 amide bonds. The second-order valence-corrected chi connectivity index (χ2v) is 9.87. The van der Waals surface area contributed by atoms with E-state index in [0.717, 1.165) is 11.1 Å². The highest BCUT2D eigenvalue weighted by Crippen LogP contribution is 2.26. The Hall–Kier alpha value is -1.95. The molecular weight excluding hydrogens is 420 g/mol. The molecule has 8 nitrogen and oxygen atoms in total. The number of nitrogens with zero attached hydrogens (tertiary/aromatic N) is 3. The maximum Gasteiger partial charge on any atom is 0.208 e. The molecule has 0 aliphatic rings. The molecule has 0 saturated carbocycles. The Balaban J connectivity index is 1.59. The zero-order valence-corrected chi connectivity index (χ0v) is 17.9. The number of hydrogen-bond acceptors (Lipinski definition) is 8. The molecule has 3 aromatic rings. The van der Waals surface area contributed by atoms with Gasteiger partial charge in [-0.05, 0) is 37.6 Å². The highest BCUT2D eigenvalue weighted by Gasteiger charge is 2.17. The van der Waals surface area contributed by atoms with Gasteiger partial charge in [-0.15, -0.1) is 21.5 Å².